The van der Waals surface area contributed by atoms with Gasteiger partial charge in [-0.15, -0.1) is 0 Å². The van der Waals surface area contributed by atoms with E-state index in [0.29, 0.717) is 104 Å². The zero-order chi connectivity index (χ0) is 86.7. The van der Waals surface area contributed by atoms with Crippen molar-refractivity contribution in [3.8, 4) is 5.75 Å². The number of para-hydroxylation sites is 1. The lowest BCUT2D eigenvalue weighted by Gasteiger charge is -2.47. The van der Waals surface area contributed by atoms with Gasteiger partial charge in [-0.05, 0) is 151 Å². The number of thioether (sulfide) groups is 1. The maximum absolute atomic E-state index is 15.2. The quantitative estimate of drug-likeness (QED) is 0.0143. The molecule has 2 aromatic heterocycles. The molecule has 0 radical (unpaired) electrons. The van der Waals surface area contributed by atoms with Crippen molar-refractivity contribution in [1.29, 1.82) is 0 Å². The van der Waals surface area contributed by atoms with E-state index >= 15 is 9.59 Å². The van der Waals surface area contributed by atoms with Crippen molar-refractivity contribution >= 4 is 146 Å². The number of piperidine rings is 1. The van der Waals surface area contributed by atoms with Crippen LogP contribution in [0.15, 0.2) is 103 Å². The Bertz CT molecular complexity index is 4490. The van der Waals surface area contributed by atoms with Gasteiger partial charge < -0.3 is 84.8 Å². The van der Waals surface area contributed by atoms with Crippen molar-refractivity contribution < 1.29 is 63.0 Å². The molecule has 6 aromatic rings. The van der Waals surface area contributed by atoms with Crippen LogP contribution in [-0.2, 0) is 78.4 Å². The minimum absolute atomic E-state index is 0.00438. The summed E-state index contributed by atoms with van der Waals surface area (Å²) in [4.78, 5) is 171. The van der Waals surface area contributed by atoms with Gasteiger partial charge in [-0.2, -0.15) is 37.0 Å². The number of halogens is 1. The van der Waals surface area contributed by atoms with Crippen LogP contribution in [0.1, 0.15) is 93.0 Å². The summed E-state index contributed by atoms with van der Waals surface area (Å²) in [6.07, 6.45) is 6.36. The molecule has 3 saturated heterocycles. The Morgan fingerprint density at radius 1 is 0.579 bits per heavy atom. The number of amides is 11. The molecule has 10 rings (SSSR count). The first-order chi connectivity index (χ1) is 58.3. The van der Waals surface area contributed by atoms with E-state index in [4.69, 9.17) is 11.5 Å². The number of fused-ring (bicyclic) bond motifs is 3. The molecule has 18 N–H and O–H groups in total. The number of carbonyl (C=O) groups excluding carboxylic acids is 11. The van der Waals surface area contributed by atoms with E-state index in [2.05, 4.69) is 139 Å². The van der Waals surface area contributed by atoms with Crippen molar-refractivity contribution in [3.05, 3.63) is 135 Å². The molecule has 4 aromatic carbocycles. The predicted octanol–water partition coefficient (Wildman–Crippen LogP) is 0.772. The number of phenolic OH excluding ortho intramolecular Hbond substituents is 1. The van der Waals surface area contributed by atoms with E-state index in [1.807, 2.05) is 63.9 Å². The van der Waals surface area contributed by atoms with Crippen molar-refractivity contribution in [1.82, 2.24) is 87.6 Å². The van der Waals surface area contributed by atoms with Crippen LogP contribution in [-0.4, -0.2) is 304 Å². The van der Waals surface area contributed by atoms with Crippen LogP contribution in [0.3, 0.4) is 0 Å². The summed E-state index contributed by atoms with van der Waals surface area (Å²) in [5.41, 5.74) is 17.9. The minimum Gasteiger partial charge on any atom is -0.507 e. The summed E-state index contributed by atoms with van der Waals surface area (Å²) in [6.45, 7) is 15.6. The summed E-state index contributed by atoms with van der Waals surface area (Å²) in [6, 6.07) is 17.2. The molecule has 1 aliphatic carbocycles. The molecule has 121 heavy (non-hydrogen) atoms. The largest absolute Gasteiger partial charge is 0.507 e. The minimum atomic E-state index is -1.48. The lowest BCUT2D eigenvalue weighted by molar-refractivity contribution is -0.136. The number of H-pyrrole nitrogens is 2. The zero-order valence-electron chi connectivity index (χ0n) is 69.1. The molecule has 0 bridgehead atoms. The Labute approximate surface area is 735 Å². The smallest absolute Gasteiger partial charge is 0.244 e. The number of hydrogen-bond acceptors (Lipinski definition) is 22. The average molecular weight is 1840 g/mol. The number of nitrogens with two attached hydrogens (primary N) is 2. The standard InChI is InChI=1S/C85H120IN19O13S3/c1-4-26-105-45-55(37-60-59-17-13-20-64-76(59)57(44-92-64)42-71(60)105)50-121-51-75(110)90-25-28-102-29-33-103(34-30-102)46-73(108)89-24-27-101-31-35-104(36-32-101)47-74(109)93-66(39-53-14-7-6-8-15-53)81(114)99-69(48-119)84(117)96-67(40-54-21-22-72(107)61(86)38-54)82(115)97-68(41-56-43-91-63-18-10-9-16-58(56)63)83(116)95-65(19-11-12-23-87)80(113)94-62(5-2)79(112)98-70(49-120)85(118)100-77(52(3)106)78(88)111/h6-10,13-18,20-22,38,43-44,52,55,60,62,65-71,77,91-92,106-107,119-120H,4-5,11-12,19,23-37,39-42,45-51,87H2,1-3H3,(H2,88,111)(H,89,108)(H,90,110)(H,93,109)(H,94,113)(H,95,116)(H,96,117)(H,97,115)(H,98,112)(H,99,114)(H,100,118)/t52-,55-,60-,62+,65+,66-,67+,68-,69+,70+,71-,77+/m1/s1. The number of phenols is 1. The van der Waals surface area contributed by atoms with Gasteiger partial charge in [0.1, 0.15) is 54.1 Å². The Balaban J connectivity index is 0.687. The number of primary amides is 1. The molecule has 0 saturated carbocycles. The van der Waals surface area contributed by atoms with Gasteiger partial charge >= 0.3 is 0 Å². The number of nitrogens with zero attached hydrogens (tertiary/aromatic N) is 5. The number of benzene rings is 4. The van der Waals surface area contributed by atoms with Crippen LogP contribution in [0.5, 0.6) is 5.75 Å². The number of carbonyl (C=O) groups is 11. The molecule has 658 valence electrons. The lowest BCUT2D eigenvalue weighted by Crippen LogP contribution is -2.61. The fourth-order valence-electron chi connectivity index (χ4n) is 16.4. The van der Waals surface area contributed by atoms with Gasteiger partial charge in [0.05, 0.1) is 28.5 Å². The van der Waals surface area contributed by atoms with Gasteiger partial charge in [0.2, 0.25) is 65.0 Å². The zero-order valence-corrected chi connectivity index (χ0v) is 73.9. The highest BCUT2D eigenvalue weighted by molar-refractivity contribution is 14.1. The van der Waals surface area contributed by atoms with Gasteiger partial charge in [-0.3, -0.25) is 77.2 Å². The van der Waals surface area contributed by atoms with E-state index in [9.17, 15) is 53.4 Å². The lowest BCUT2D eigenvalue weighted by atomic mass is 9.72. The van der Waals surface area contributed by atoms with E-state index in [1.54, 1.807) is 55.2 Å². The first-order valence-corrected chi connectivity index (χ1v) is 45.5. The van der Waals surface area contributed by atoms with Gasteiger partial charge in [-0.25, -0.2) is 0 Å². The Kier molecular flexibility index (Phi) is 37.0. The molecule has 0 spiro atoms. The topological polar surface area (TPSA) is 448 Å². The maximum atomic E-state index is 15.2. The SMILES string of the molecule is CCCN1C[C@H](CSCC(=O)NCCN2CCN(CC(=O)NCCN3CCN(CC(=O)N[C@H](Cc4ccccc4)C(=O)N[C@@H](CS)C(=O)N[C@@H](Cc4ccc(O)c(I)c4)C(=O)N[C@H](Cc4c[nH]c5ccccc45)C(=O)N[C@@H](CCCCN)C(=O)N[C@@H](CC)C(=O)N[C@@H](CS)C(=O)N[C@H](C(N)=O)[C@@H](C)O)CC3)CC2)C[C@@H]2c3cccc4[nH]cc(c34)C[C@H]21. The number of aliphatic hydroxyl groups is 1. The highest BCUT2D eigenvalue weighted by Gasteiger charge is 2.42. The summed E-state index contributed by atoms with van der Waals surface area (Å²) < 4.78 is 0.430. The highest BCUT2D eigenvalue weighted by Crippen LogP contribution is 2.45. The third-order valence-electron chi connectivity index (χ3n) is 23.0. The molecular weight excluding hydrogens is 1720 g/mol. The summed E-state index contributed by atoms with van der Waals surface area (Å²) in [5.74, 6) is -5.27. The molecule has 36 heteroatoms. The summed E-state index contributed by atoms with van der Waals surface area (Å²) in [7, 11) is 0. The molecule has 4 aliphatic rings. The van der Waals surface area contributed by atoms with Crippen molar-refractivity contribution in [2.45, 2.75) is 151 Å². The molecule has 0 unspecified atom stereocenters. The van der Waals surface area contributed by atoms with Crippen molar-refractivity contribution in [3.63, 3.8) is 0 Å². The van der Waals surface area contributed by atoms with E-state index in [-0.39, 0.29) is 74.3 Å². The second kappa shape index (κ2) is 47.3. The van der Waals surface area contributed by atoms with E-state index in [0.717, 1.165) is 87.3 Å². The van der Waals surface area contributed by atoms with Gasteiger partial charge in [0.25, 0.3) is 0 Å². The maximum Gasteiger partial charge on any atom is 0.244 e. The number of thiol groups is 2. The Morgan fingerprint density at radius 2 is 1.12 bits per heavy atom. The number of piperazine rings is 2. The number of unbranched alkanes of at least 4 members (excludes halogenated alkanes) is 1. The van der Waals surface area contributed by atoms with Crippen LogP contribution in [0.4, 0.5) is 0 Å². The molecule has 12 atom stereocenters. The second-order valence-electron chi connectivity index (χ2n) is 31.9. The Morgan fingerprint density at radius 3 is 1.74 bits per heavy atom. The number of aliphatic hydroxyl groups excluding tert-OH is 1. The van der Waals surface area contributed by atoms with Crippen LogP contribution in [0.2, 0.25) is 0 Å². The fourth-order valence-corrected chi connectivity index (χ4v) is 18.5. The van der Waals surface area contributed by atoms with Crippen LogP contribution in [0, 0.1) is 9.49 Å². The van der Waals surface area contributed by atoms with Crippen LogP contribution < -0.4 is 64.6 Å². The van der Waals surface area contributed by atoms with E-state index in [1.165, 1.54) is 35.0 Å². The van der Waals surface area contributed by atoms with Gasteiger partial charge in [-0.1, -0.05) is 80.6 Å². The summed E-state index contributed by atoms with van der Waals surface area (Å²) >= 11 is 12.4. The van der Waals surface area contributed by atoms with Gasteiger partial charge in [0, 0.05) is 162 Å². The van der Waals surface area contributed by atoms with Crippen LogP contribution >= 0.6 is 59.6 Å². The number of likely N-dealkylation sites (tertiary alicyclic amines) is 1. The first-order valence-electron chi connectivity index (χ1n) is 42.0. The number of nitrogens with one attached hydrogen (secondary N) is 12. The molecule has 11 amide bonds. The number of aromatic amines is 2. The fraction of sp³-hybridized carbons (Fsp3) is 0.541. The molecular formula is C85H120IN19O13S3. The monoisotopic (exact) mass is 1840 g/mol. The number of rotatable bonds is 46. The average Bonchev–Trinajstić information content (AvgIpc) is 1.66. The summed E-state index contributed by atoms with van der Waals surface area (Å²) in [5, 5.41) is 50.6. The first kappa shape index (κ1) is 94.7. The third-order valence-corrected chi connectivity index (χ3v) is 25.8. The molecule has 3 fully saturated rings. The predicted molar refractivity (Wildman–Crippen MR) is 482 cm³/mol. The number of hydrogen-bond donors (Lipinski definition) is 18. The number of aromatic hydroxyl groups is 1. The normalized spacial score (nSPS) is 18.8. The van der Waals surface area contributed by atoms with Crippen molar-refractivity contribution in [2.75, 3.05) is 134 Å². The van der Waals surface area contributed by atoms with Crippen molar-refractivity contribution in [2.24, 2.45) is 17.4 Å². The second-order valence-corrected chi connectivity index (χ2v) is 34.8. The Hall–Kier alpha value is -8.57. The molecule has 32 nitrogen and oxygen atoms in total. The van der Waals surface area contributed by atoms with Gasteiger partial charge in [0.15, 0.2) is 0 Å². The third kappa shape index (κ3) is 27.7. The number of aromatic nitrogens is 2. The molecule has 5 heterocycles. The molecule has 3 aliphatic heterocycles. The van der Waals surface area contributed by atoms with Crippen LogP contribution in [0.25, 0.3) is 21.8 Å². The van der Waals surface area contributed by atoms with E-state index < -0.39 is 108 Å². The highest BCUT2D eigenvalue weighted by atomic mass is 127.